The first-order valence-corrected chi connectivity index (χ1v) is 19.5. The lowest BCUT2D eigenvalue weighted by Crippen LogP contribution is -2.46. The molecule has 0 saturated carbocycles. The molecule has 2 fully saturated rings. The van der Waals surface area contributed by atoms with Crippen LogP contribution in [0.5, 0.6) is 11.9 Å². The Hall–Kier alpha value is -4.48. The number of benzene rings is 2. The van der Waals surface area contributed by atoms with E-state index in [9.17, 15) is 0 Å². The van der Waals surface area contributed by atoms with E-state index in [0.717, 1.165) is 88.7 Å². The van der Waals surface area contributed by atoms with Gasteiger partial charge in [0.25, 0.3) is 6.85 Å². The molecule has 3 unspecified atom stereocenters. The van der Waals surface area contributed by atoms with Crippen LogP contribution in [0.25, 0.3) is 22.2 Å². The number of aromatic nitrogens is 4. The molecule has 54 heavy (non-hydrogen) atoms. The first-order valence-electron chi connectivity index (χ1n) is 18.9. The summed E-state index contributed by atoms with van der Waals surface area (Å²) < 4.78 is 18.8. The van der Waals surface area contributed by atoms with Gasteiger partial charge in [-0.05, 0) is 62.2 Å². The molecule has 3 aromatic heterocycles. The average molecular weight is 743 g/mol. The third-order valence-electron chi connectivity index (χ3n) is 11.3. The van der Waals surface area contributed by atoms with Crippen molar-refractivity contribution >= 4 is 62.9 Å². The van der Waals surface area contributed by atoms with Gasteiger partial charge in [0, 0.05) is 46.9 Å². The van der Waals surface area contributed by atoms with Crippen LogP contribution in [0.15, 0.2) is 60.8 Å². The van der Waals surface area contributed by atoms with Crippen molar-refractivity contribution in [3.63, 3.8) is 0 Å². The van der Waals surface area contributed by atoms with E-state index in [0.29, 0.717) is 49.3 Å². The maximum absolute atomic E-state index is 6.89. The predicted octanol–water partition coefficient (Wildman–Crippen LogP) is 3.02. The van der Waals surface area contributed by atoms with Gasteiger partial charge in [0.1, 0.15) is 38.1 Å². The van der Waals surface area contributed by atoms with Crippen molar-refractivity contribution in [1.29, 1.82) is 0 Å². The standard InChI is InChI=1S/C39H48B2N9O3P/c1-23-18-29(35(54)30(19-23)50(43)41(3)20-25-8-5-4-6-9-25)33-32(40)34-31-37(47-39(46-34)53-22-27-12-11-26-21-51-16-14-49(26)27)48(15-17-52-38(31)45-33)24(2)28-10-7-13-44-36(28)42/h4-10,13,18-19,24,26-27H,11-12,14-17,20-22,40,43,54H2,1-3H3,(H2,42,44)/t24?,26?,27-/m0/s1. The van der Waals surface area contributed by atoms with E-state index in [2.05, 4.69) is 88.9 Å². The molecule has 5 aromatic rings. The van der Waals surface area contributed by atoms with Gasteiger partial charge in [0.15, 0.2) is 0 Å². The summed E-state index contributed by atoms with van der Waals surface area (Å²) in [5.74, 6) is 8.57. The van der Waals surface area contributed by atoms with Gasteiger partial charge in [-0.3, -0.25) is 10.7 Å². The Kier molecular flexibility index (Phi) is 10.4. The first kappa shape index (κ1) is 36.5. The van der Waals surface area contributed by atoms with Crippen LogP contribution < -0.4 is 41.6 Å². The summed E-state index contributed by atoms with van der Waals surface area (Å²) in [5.41, 5.74) is 13.9. The van der Waals surface area contributed by atoms with E-state index >= 15 is 0 Å². The number of morpholine rings is 1. The molecule has 0 bridgehead atoms. The molecule has 278 valence electrons. The molecule has 2 saturated heterocycles. The Balaban J connectivity index is 1.22. The zero-order valence-electron chi connectivity index (χ0n) is 31.5. The molecule has 4 atom stereocenters. The number of rotatable bonds is 10. The number of hydrogen-bond acceptors (Lipinski definition) is 12. The normalized spacial score (nSPS) is 18.9. The minimum Gasteiger partial charge on any atom is -0.475 e. The van der Waals surface area contributed by atoms with Crippen LogP contribution in [0.2, 0.25) is 6.82 Å². The molecule has 12 nitrogen and oxygen atoms in total. The van der Waals surface area contributed by atoms with Crippen molar-refractivity contribution in [3.8, 4) is 23.1 Å². The Morgan fingerprint density at radius 2 is 1.93 bits per heavy atom. The average Bonchev–Trinajstić information content (AvgIpc) is 3.51. The summed E-state index contributed by atoms with van der Waals surface area (Å²) >= 11 is 0. The summed E-state index contributed by atoms with van der Waals surface area (Å²) in [6.07, 6.45) is 4.68. The summed E-state index contributed by atoms with van der Waals surface area (Å²) in [7, 11) is 5.01. The van der Waals surface area contributed by atoms with Crippen LogP contribution in [0.1, 0.15) is 42.5 Å². The topological polar surface area (TPSA) is 141 Å². The number of aryl methyl sites for hydroxylation is 1. The number of nitrogen functional groups attached to an aromatic ring is 1. The number of pyridine rings is 2. The van der Waals surface area contributed by atoms with Crippen molar-refractivity contribution in [2.45, 2.75) is 58.0 Å². The highest BCUT2D eigenvalue weighted by molar-refractivity contribution is 7.28. The lowest BCUT2D eigenvalue weighted by atomic mass is 9.59. The van der Waals surface area contributed by atoms with E-state index in [1.807, 2.05) is 23.1 Å². The second-order valence-corrected chi connectivity index (χ2v) is 15.4. The smallest absolute Gasteiger partial charge is 0.318 e. The van der Waals surface area contributed by atoms with Crippen molar-refractivity contribution < 1.29 is 14.2 Å². The van der Waals surface area contributed by atoms with E-state index in [1.165, 1.54) is 5.56 Å². The van der Waals surface area contributed by atoms with Crippen LogP contribution in [0.3, 0.4) is 0 Å². The molecule has 0 amide bonds. The number of hydrazine groups is 1. The van der Waals surface area contributed by atoms with Crippen LogP contribution in [-0.4, -0.2) is 91.1 Å². The molecule has 2 aromatic carbocycles. The fraction of sp³-hybridized carbons (Fsp3) is 0.385. The molecule has 15 heteroatoms. The number of anilines is 3. The molecule has 4 N–H and O–H groups in total. The van der Waals surface area contributed by atoms with Gasteiger partial charge in [0.2, 0.25) is 5.88 Å². The van der Waals surface area contributed by atoms with Gasteiger partial charge in [0.05, 0.1) is 37.0 Å². The third-order valence-corrected chi connectivity index (χ3v) is 11.9. The third kappa shape index (κ3) is 6.96. The minimum absolute atomic E-state index is 0.0458. The molecule has 0 spiro atoms. The number of nitrogens with zero attached hydrogens (tertiary/aromatic N) is 7. The molecular formula is C39H48B2N9O3P. The monoisotopic (exact) mass is 743 g/mol. The molecule has 0 aliphatic carbocycles. The maximum atomic E-state index is 6.89. The maximum Gasteiger partial charge on any atom is 0.318 e. The summed E-state index contributed by atoms with van der Waals surface area (Å²) in [6, 6.07) is 19.5. The number of hydrogen-bond donors (Lipinski definition) is 2. The summed E-state index contributed by atoms with van der Waals surface area (Å²) in [4.78, 5) is 26.5. The highest BCUT2D eigenvalue weighted by Crippen LogP contribution is 2.40. The first-order chi connectivity index (χ1) is 26.2. The summed E-state index contributed by atoms with van der Waals surface area (Å²) in [5, 5.41) is 1.70. The number of nitrogens with two attached hydrogens (primary N) is 2. The number of fused-ring (bicyclic) bond motifs is 1. The highest BCUT2D eigenvalue weighted by Gasteiger charge is 2.36. The van der Waals surface area contributed by atoms with Gasteiger partial charge in [-0.1, -0.05) is 48.8 Å². The molecule has 6 heterocycles. The SMILES string of the molecule is Bc1c(-c2cc(C)cc(N(N)B(C)Cc3ccccc3)c2P)nc2c3c(nc(OC[C@@H]4CCC5COCCN54)nc13)N(C(C)c1cccnc1N)CCO2. The molecular weight excluding hydrogens is 695 g/mol. The Labute approximate surface area is 320 Å². The molecule has 3 aliphatic rings. The zero-order chi connectivity index (χ0) is 37.5. The van der Waals surface area contributed by atoms with E-state index in [4.69, 9.17) is 40.7 Å². The van der Waals surface area contributed by atoms with Crippen LogP contribution in [-0.2, 0) is 11.1 Å². The van der Waals surface area contributed by atoms with E-state index < -0.39 is 0 Å². The lowest BCUT2D eigenvalue weighted by Gasteiger charge is -2.33. The van der Waals surface area contributed by atoms with Crippen LogP contribution >= 0.6 is 9.24 Å². The Bertz CT molecular complexity index is 2170. The van der Waals surface area contributed by atoms with Gasteiger partial charge in [-0.25, -0.2) is 9.97 Å². The van der Waals surface area contributed by atoms with Crippen molar-refractivity contribution in [2.24, 2.45) is 5.84 Å². The summed E-state index contributed by atoms with van der Waals surface area (Å²) in [6.45, 7) is 10.3. The van der Waals surface area contributed by atoms with Crippen LogP contribution in [0, 0.1) is 6.92 Å². The fourth-order valence-electron chi connectivity index (χ4n) is 8.34. The Morgan fingerprint density at radius 3 is 2.74 bits per heavy atom. The van der Waals surface area contributed by atoms with E-state index in [-0.39, 0.29) is 18.9 Å². The predicted molar refractivity (Wildman–Crippen MR) is 223 cm³/mol. The highest BCUT2D eigenvalue weighted by atomic mass is 31.0. The van der Waals surface area contributed by atoms with Crippen molar-refractivity contribution in [2.75, 3.05) is 55.1 Å². The largest absolute Gasteiger partial charge is 0.475 e. The Morgan fingerprint density at radius 1 is 1.09 bits per heavy atom. The van der Waals surface area contributed by atoms with Crippen molar-refractivity contribution in [1.82, 2.24) is 24.8 Å². The second-order valence-electron chi connectivity index (χ2n) is 14.8. The second kappa shape index (κ2) is 15.3. The fourth-order valence-corrected chi connectivity index (χ4v) is 8.79. The quantitative estimate of drug-likeness (QED) is 0.0941. The van der Waals surface area contributed by atoms with Gasteiger partial charge < -0.3 is 29.8 Å². The molecule has 8 rings (SSSR count). The van der Waals surface area contributed by atoms with Crippen LogP contribution in [0.4, 0.5) is 17.3 Å². The lowest BCUT2D eigenvalue weighted by molar-refractivity contribution is -0.0101. The zero-order valence-corrected chi connectivity index (χ0v) is 32.7. The van der Waals surface area contributed by atoms with Gasteiger partial charge in [-0.2, -0.15) is 9.97 Å². The van der Waals surface area contributed by atoms with Gasteiger partial charge in [-0.15, -0.1) is 9.24 Å². The van der Waals surface area contributed by atoms with Crippen molar-refractivity contribution in [3.05, 3.63) is 77.5 Å². The number of ether oxygens (including phenoxy) is 3. The molecule has 3 aliphatic heterocycles. The minimum atomic E-state index is -0.158. The van der Waals surface area contributed by atoms with Gasteiger partial charge >= 0.3 is 6.01 Å². The van der Waals surface area contributed by atoms with E-state index in [1.54, 1.807) is 6.20 Å². The molecule has 0 radical (unpaired) electrons.